The molecular formula is C29H25ClN2O6S. The van der Waals surface area contributed by atoms with Crippen molar-refractivity contribution in [2.45, 2.75) is 19.9 Å². The third-order valence-corrected chi connectivity index (χ3v) is 7.33. The number of ketones is 1. The number of amides is 1. The van der Waals surface area contributed by atoms with E-state index in [1.54, 1.807) is 62.4 Å². The predicted octanol–water partition coefficient (Wildman–Crippen LogP) is 5.95. The molecule has 10 heteroatoms. The van der Waals surface area contributed by atoms with Crippen LogP contribution in [0.1, 0.15) is 38.1 Å². The predicted molar refractivity (Wildman–Crippen MR) is 150 cm³/mol. The molecule has 3 aromatic rings. The van der Waals surface area contributed by atoms with Gasteiger partial charge in [0.25, 0.3) is 5.78 Å². The number of aryl methyl sites for hydroxylation is 2. The zero-order valence-electron chi connectivity index (χ0n) is 21.3. The molecule has 2 heterocycles. The van der Waals surface area contributed by atoms with Crippen molar-refractivity contribution in [2.24, 2.45) is 0 Å². The molecular weight excluding hydrogens is 540 g/mol. The lowest BCUT2D eigenvalue weighted by Crippen LogP contribution is -2.29. The molecule has 0 radical (unpaired) electrons. The molecule has 1 saturated heterocycles. The number of benzene rings is 2. The number of ether oxygens (including phenoxy) is 2. The minimum absolute atomic E-state index is 0.0115. The van der Waals surface area contributed by atoms with Gasteiger partial charge in [-0.05, 0) is 55.3 Å². The van der Waals surface area contributed by atoms with Crippen LogP contribution in [0.2, 0.25) is 5.02 Å². The van der Waals surface area contributed by atoms with Gasteiger partial charge in [-0.2, -0.15) is 0 Å². The van der Waals surface area contributed by atoms with Gasteiger partial charge in [0.15, 0.2) is 5.13 Å². The lowest BCUT2D eigenvalue weighted by Gasteiger charge is -2.23. The van der Waals surface area contributed by atoms with Crippen LogP contribution >= 0.6 is 22.9 Å². The number of halogens is 1. The molecule has 1 aliphatic heterocycles. The SMILES string of the molecule is C=CCOC(=O)c1sc(N2C(=O)C(=O)C(=C(O)c3ccc(OCC=C)c(C)c3)[C@@H]2c2ccc(Cl)cc2)nc1C. The monoisotopic (exact) mass is 564 g/mol. The fraction of sp³-hybridized carbons (Fsp3) is 0.172. The molecule has 39 heavy (non-hydrogen) atoms. The Kier molecular flexibility index (Phi) is 8.32. The Bertz CT molecular complexity index is 1510. The average Bonchev–Trinajstić information content (AvgIpc) is 3.43. The van der Waals surface area contributed by atoms with E-state index < -0.39 is 23.7 Å². The summed E-state index contributed by atoms with van der Waals surface area (Å²) in [5, 5.41) is 12.0. The molecule has 0 aliphatic carbocycles. The van der Waals surface area contributed by atoms with Crippen LogP contribution in [0.3, 0.4) is 0 Å². The summed E-state index contributed by atoms with van der Waals surface area (Å²) in [6, 6.07) is 10.5. The summed E-state index contributed by atoms with van der Waals surface area (Å²) in [4.78, 5) is 45.1. The number of Topliss-reactive ketones (excluding diaryl/α,β-unsaturated/α-hetero) is 1. The number of rotatable bonds is 9. The van der Waals surface area contributed by atoms with Gasteiger partial charge in [0.2, 0.25) is 0 Å². The Morgan fingerprint density at radius 1 is 1.13 bits per heavy atom. The molecule has 200 valence electrons. The van der Waals surface area contributed by atoms with E-state index in [-0.39, 0.29) is 27.9 Å². The van der Waals surface area contributed by atoms with E-state index in [0.29, 0.717) is 34.2 Å². The first-order valence-electron chi connectivity index (χ1n) is 11.8. The summed E-state index contributed by atoms with van der Waals surface area (Å²) in [7, 11) is 0. The highest BCUT2D eigenvalue weighted by atomic mass is 35.5. The van der Waals surface area contributed by atoms with E-state index in [0.717, 1.165) is 16.9 Å². The van der Waals surface area contributed by atoms with Gasteiger partial charge in [-0.3, -0.25) is 14.5 Å². The molecule has 1 amide bonds. The molecule has 1 fully saturated rings. The number of hydrogen-bond acceptors (Lipinski definition) is 8. The van der Waals surface area contributed by atoms with E-state index in [1.807, 2.05) is 0 Å². The standard InChI is InChI=1S/C29H25ClN2O6S/c1-5-13-37-21-12-9-19(15-16(21)3)24(33)22-23(18-7-10-20(30)11-8-18)32(27(35)25(22)34)29-31-17(4)26(39-29)28(36)38-14-6-2/h5-12,15,23,33H,1-2,13-14H2,3-4H3/t23-/m0/s1. The molecule has 1 aliphatic rings. The van der Waals surface area contributed by atoms with Crippen molar-refractivity contribution in [3.05, 3.63) is 106 Å². The van der Waals surface area contributed by atoms with Crippen LogP contribution in [0.15, 0.2) is 73.3 Å². The van der Waals surface area contributed by atoms with Crippen LogP contribution in [0, 0.1) is 13.8 Å². The van der Waals surface area contributed by atoms with Crippen molar-refractivity contribution in [3.8, 4) is 5.75 Å². The maximum Gasteiger partial charge on any atom is 0.350 e. The Hall–Kier alpha value is -4.21. The summed E-state index contributed by atoms with van der Waals surface area (Å²) in [6.07, 6.45) is 3.06. The number of hydrogen-bond donors (Lipinski definition) is 1. The molecule has 0 bridgehead atoms. The van der Waals surface area contributed by atoms with Gasteiger partial charge in [-0.25, -0.2) is 9.78 Å². The molecule has 1 N–H and O–H groups in total. The number of aromatic nitrogens is 1. The molecule has 0 spiro atoms. The number of esters is 1. The molecule has 8 nitrogen and oxygen atoms in total. The number of carbonyl (C=O) groups excluding carboxylic acids is 3. The van der Waals surface area contributed by atoms with E-state index in [4.69, 9.17) is 21.1 Å². The fourth-order valence-electron chi connectivity index (χ4n) is 4.13. The summed E-state index contributed by atoms with van der Waals surface area (Å²) < 4.78 is 10.7. The average molecular weight is 565 g/mol. The Morgan fingerprint density at radius 3 is 2.46 bits per heavy atom. The highest BCUT2D eigenvalue weighted by molar-refractivity contribution is 7.17. The van der Waals surface area contributed by atoms with Crippen molar-refractivity contribution < 1.29 is 29.0 Å². The largest absolute Gasteiger partial charge is 0.507 e. The zero-order valence-corrected chi connectivity index (χ0v) is 22.8. The van der Waals surface area contributed by atoms with Crippen molar-refractivity contribution in [3.63, 3.8) is 0 Å². The van der Waals surface area contributed by atoms with Crippen LogP contribution in [0.25, 0.3) is 5.76 Å². The van der Waals surface area contributed by atoms with Gasteiger partial charge >= 0.3 is 11.9 Å². The van der Waals surface area contributed by atoms with Gasteiger partial charge in [-0.15, -0.1) is 0 Å². The number of carbonyl (C=O) groups is 3. The number of anilines is 1. The number of nitrogens with zero attached hydrogens (tertiary/aromatic N) is 2. The second-order valence-electron chi connectivity index (χ2n) is 8.60. The third kappa shape index (κ3) is 5.50. The van der Waals surface area contributed by atoms with Crippen LogP contribution in [0.4, 0.5) is 5.13 Å². The van der Waals surface area contributed by atoms with Crippen molar-refractivity contribution in [2.75, 3.05) is 18.1 Å². The van der Waals surface area contributed by atoms with Crippen molar-refractivity contribution in [1.29, 1.82) is 0 Å². The van der Waals surface area contributed by atoms with E-state index >= 15 is 0 Å². The first-order valence-corrected chi connectivity index (χ1v) is 13.0. The second kappa shape index (κ2) is 11.7. The molecule has 0 saturated carbocycles. The molecule has 0 unspecified atom stereocenters. The topological polar surface area (TPSA) is 106 Å². The fourth-order valence-corrected chi connectivity index (χ4v) is 5.24. The maximum atomic E-state index is 13.4. The van der Waals surface area contributed by atoms with Gasteiger partial charge in [0.1, 0.15) is 29.6 Å². The normalized spacial score (nSPS) is 16.3. The van der Waals surface area contributed by atoms with Gasteiger partial charge in [0.05, 0.1) is 17.3 Å². The third-order valence-electron chi connectivity index (χ3n) is 5.94. The first kappa shape index (κ1) is 27.8. The Balaban J connectivity index is 1.85. The molecule has 4 rings (SSSR count). The molecule has 2 aromatic carbocycles. The maximum absolute atomic E-state index is 13.4. The van der Waals surface area contributed by atoms with Gasteiger partial charge in [0, 0.05) is 10.6 Å². The number of thiazole rings is 1. The minimum Gasteiger partial charge on any atom is -0.507 e. The first-order chi connectivity index (χ1) is 18.7. The zero-order chi connectivity index (χ0) is 28.3. The second-order valence-corrected chi connectivity index (χ2v) is 10.0. The summed E-state index contributed by atoms with van der Waals surface area (Å²) in [5.74, 6) is -2.16. The molecule has 1 aromatic heterocycles. The highest BCUT2D eigenvalue weighted by Crippen LogP contribution is 2.44. The van der Waals surface area contributed by atoms with E-state index in [9.17, 15) is 19.5 Å². The highest BCUT2D eigenvalue weighted by Gasteiger charge is 2.48. The van der Waals surface area contributed by atoms with Gasteiger partial charge in [-0.1, -0.05) is 60.4 Å². The summed E-state index contributed by atoms with van der Waals surface area (Å²) >= 11 is 7.02. The number of aliphatic hydroxyl groups excluding tert-OH is 1. The molecule has 1 atom stereocenters. The summed E-state index contributed by atoms with van der Waals surface area (Å²) in [6.45, 7) is 10.9. The van der Waals surface area contributed by atoms with Gasteiger partial charge < -0.3 is 14.6 Å². The Labute approximate surface area is 234 Å². The van der Waals surface area contributed by atoms with Crippen LogP contribution in [0.5, 0.6) is 5.75 Å². The lowest BCUT2D eigenvalue weighted by molar-refractivity contribution is -0.132. The van der Waals surface area contributed by atoms with Crippen LogP contribution in [-0.4, -0.2) is 41.0 Å². The van der Waals surface area contributed by atoms with Crippen molar-refractivity contribution >= 4 is 51.5 Å². The van der Waals surface area contributed by atoms with E-state index in [1.165, 1.54) is 11.0 Å². The summed E-state index contributed by atoms with van der Waals surface area (Å²) in [5.41, 5.74) is 1.79. The van der Waals surface area contributed by atoms with Crippen LogP contribution < -0.4 is 9.64 Å². The Morgan fingerprint density at radius 2 is 1.82 bits per heavy atom. The number of aliphatic hydroxyl groups is 1. The van der Waals surface area contributed by atoms with Crippen molar-refractivity contribution in [1.82, 2.24) is 4.98 Å². The smallest absolute Gasteiger partial charge is 0.350 e. The van der Waals surface area contributed by atoms with E-state index in [2.05, 4.69) is 18.1 Å². The minimum atomic E-state index is -1.03. The lowest BCUT2D eigenvalue weighted by atomic mass is 9.95. The quantitative estimate of drug-likeness (QED) is 0.113. The van der Waals surface area contributed by atoms with Crippen LogP contribution in [-0.2, 0) is 14.3 Å².